The molecule has 1 aliphatic rings. The Bertz CT molecular complexity index is 429. The lowest BCUT2D eigenvalue weighted by Gasteiger charge is -2.16. The normalized spacial score (nSPS) is 21.9. The van der Waals surface area contributed by atoms with E-state index in [2.05, 4.69) is 20.7 Å². The Hall–Kier alpha value is -1.44. The molecule has 1 aromatic heterocycles. The summed E-state index contributed by atoms with van der Waals surface area (Å²) in [7, 11) is 0. The number of ether oxygens (including phenoxy) is 1. The van der Waals surface area contributed by atoms with E-state index in [0.717, 1.165) is 19.3 Å². The first kappa shape index (κ1) is 15.0. The third kappa shape index (κ3) is 4.03. The van der Waals surface area contributed by atoms with Gasteiger partial charge >= 0.3 is 0 Å². The molecule has 112 valence electrons. The van der Waals surface area contributed by atoms with Gasteiger partial charge in [0.15, 0.2) is 5.82 Å². The highest BCUT2D eigenvalue weighted by Gasteiger charge is 2.24. The van der Waals surface area contributed by atoms with Gasteiger partial charge in [-0.15, -0.1) is 0 Å². The number of hydrogen-bond donors (Lipinski definition) is 4. The number of anilines is 2. The molecular weight excluding hydrogens is 258 g/mol. The van der Waals surface area contributed by atoms with Crippen molar-refractivity contribution in [2.24, 2.45) is 11.8 Å². The summed E-state index contributed by atoms with van der Waals surface area (Å²) in [6.07, 6.45) is 2.82. The highest BCUT2D eigenvalue weighted by Crippen LogP contribution is 2.25. The lowest BCUT2D eigenvalue weighted by atomic mass is 10.1. The number of aliphatic hydroxyl groups is 1. The van der Waals surface area contributed by atoms with Gasteiger partial charge in [-0.2, -0.15) is 0 Å². The number of nitrogens with zero attached hydrogens (tertiary/aromatic N) is 2. The molecule has 7 nitrogen and oxygen atoms in total. The van der Waals surface area contributed by atoms with Crippen LogP contribution in [0.15, 0.2) is 6.07 Å². The number of nitrogens with one attached hydrogen (secondary N) is 2. The first-order chi connectivity index (χ1) is 9.72. The zero-order valence-electron chi connectivity index (χ0n) is 11.8. The van der Waals surface area contributed by atoms with Crippen molar-refractivity contribution in [2.75, 3.05) is 23.9 Å². The third-order valence-corrected chi connectivity index (χ3v) is 3.52. The first-order valence-corrected chi connectivity index (χ1v) is 7.07. The molecule has 1 fully saturated rings. The van der Waals surface area contributed by atoms with Crippen LogP contribution in [-0.4, -0.2) is 34.3 Å². The lowest BCUT2D eigenvalue weighted by Crippen LogP contribution is -2.22. The number of aromatic nitrogens is 2. The average molecular weight is 281 g/mol. The maximum absolute atomic E-state index is 9.81. The van der Waals surface area contributed by atoms with Crippen LogP contribution >= 0.6 is 0 Å². The van der Waals surface area contributed by atoms with Crippen LogP contribution in [0.4, 0.5) is 11.6 Å². The van der Waals surface area contributed by atoms with Gasteiger partial charge in [0.05, 0.1) is 6.10 Å². The zero-order chi connectivity index (χ0) is 14.4. The van der Waals surface area contributed by atoms with Gasteiger partial charge in [0, 0.05) is 25.1 Å². The lowest BCUT2D eigenvalue weighted by molar-refractivity contribution is 0.128. The topological polar surface area (TPSA) is 105 Å². The number of aliphatic hydroxyl groups excluding tert-OH is 1. The van der Waals surface area contributed by atoms with E-state index in [1.54, 1.807) is 6.07 Å². The average Bonchev–Trinajstić information content (AvgIpc) is 2.88. The molecule has 2 unspecified atom stereocenters. The van der Waals surface area contributed by atoms with Gasteiger partial charge < -0.3 is 20.6 Å². The summed E-state index contributed by atoms with van der Waals surface area (Å²) in [5.41, 5.74) is 2.52. The summed E-state index contributed by atoms with van der Waals surface area (Å²) in [4.78, 5) is 8.60. The summed E-state index contributed by atoms with van der Waals surface area (Å²) in [6, 6.07) is 1.75. The van der Waals surface area contributed by atoms with Crippen molar-refractivity contribution in [3.63, 3.8) is 0 Å². The Morgan fingerprint density at radius 3 is 2.85 bits per heavy atom. The second-order valence-electron chi connectivity index (χ2n) is 4.98. The molecule has 1 aromatic rings. The van der Waals surface area contributed by atoms with Crippen LogP contribution in [0.2, 0.25) is 0 Å². The van der Waals surface area contributed by atoms with Crippen LogP contribution in [0, 0.1) is 5.92 Å². The summed E-state index contributed by atoms with van der Waals surface area (Å²) < 4.78 is 5.31. The van der Waals surface area contributed by atoms with Crippen molar-refractivity contribution in [3.05, 3.63) is 11.9 Å². The quantitative estimate of drug-likeness (QED) is 0.434. The molecule has 0 saturated heterocycles. The largest absolute Gasteiger partial charge is 0.393 e. The van der Waals surface area contributed by atoms with Crippen molar-refractivity contribution >= 4 is 11.6 Å². The molecule has 1 saturated carbocycles. The van der Waals surface area contributed by atoms with Crippen molar-refractivity contribution < 1.29 is 9.84 Å². The third-order valence-electron chi connectivity index (χ3n) is 3.52. The summed E-state index contributed by atoms with van der Waals surface area (Å²) >= 11 is 0. The van der Waals surface area contributed by atoms with E-state index in [4.69, 9.17) is 10.6 Å². The summed E-state index contributed by atoms with van der Waals surface area (Å²) in [5.74, 6) is 7.52. The van der Waals surface area contributed by atoms with Crippen LogP contribution in [0.3, 0.4) is 0 Å². The van der Waals surface area contributed by atoms with Crippen LogP contribution in [0.25, 0.3) is 0 Å². The van der Waals surface area contributed by atoms with Gasteiger partial charge in [-0.1, -0.05) is 6.42 Å². The minimum Gasteiger partial charge on any atom is -0.393 e. The smallest absolute Gasteiger partial charge is 0.158 e. The molecule has 7 heteroatoms. The fourth-order valence-corrected chi connectivity index (χ4v) is 2.41. The monoisotopic (exact) mass is 281 g/mol. The molecule has 0 amide bonds. The van der Waals surface area contributed by atoms with E-state index in [1.807, 2.05) is 6.92 Å². The number of nitrogens with two attached hydrogens (primary N) is 1. The predicted octanol–water partition coefficient (Wildman–Crippen LogP) is 0.872. The van der Waals surface area contributed by atoms with E-state index in [9.17, 15) is 5.11 Å². The fraction of sp³-hybridized carbons (Fsp3) is 0.692. The molecule has 1 aliphatic carbocycles. The molecule has 5 N–H and O–H groups in total. The number of hydrazine groups is 1. The second-order valence-corrected chi connectivity index (χ2v) is 4.98. The van der Waals surface area contributed by atoms with Gasteiger partial charge in [0.2, 0.25) is 0 Å². The second kappa shape index (κ2) is 7.37. The van der Waals surface area contributed by atoms with Crippen LogP contribution in [0.1, 0.15) is 32.0 Å². The summed E-state index contributed by atoms with van der Waals surface area (Å²) in [6.45, 7) is 3.59. The van der Waals surface area contributed by atoms with E-state index in [1.165, 1.54) is 0 Å². The van der Waals surface area contributed by atoms with Crippen molar-refractivity contribution in [1.82, 2.24) is 9.97 Å². The molecule has 1 heterocycles. The standard InChI is InChI=1S/C13H23N5O2/c1-2-20-8-13-16-11(6-12(17-13)18-14)15-7-9-4-3-5-10(9)19/h6,9-10,19H,2-5,7-8,14H2,1H3,(H2,15,16,17,18). The minimum absolute atomic E-state index is 0.209. The van der Waals surface area contributed by atoms with Gasteiger partial charge in [0.25, 0.3) is 0 Å². The SMILES string of the molecule is CCOCc1nc(NN)cc(NCC2CCCC2O)n1. The highest BCUT2D eigenvalue weighted by molar-refractivity contribution is 5.46. The molecule has 20 heavy (non-hydrogen) atoms. The summed E-state index contributed by atoms with van der Waals surface area (Å²) in [5, 5.41) is 13.1. The molecule has 2 rings (SSSR count). The predicted molar refractivity (Wildman–Crippen MR) is 77.0 cm³/mol. The molecular formula is C13H23N5O2. The molecule has 0 aromatic carbocycles. The Morgan fingerprint density at radius 1 is 1.40 bits per heavy atom. The highest BCUT2D eigenvalue weighted by atomic mass is 16.5. The van der Waals surface area contributed by atoms with E-state index in [0.29, 0.717) is 37.2 Å². The van der Waals surface area contributed by atoms with Crippen molar-refractivity contribution in [3.8, 4) is 0 Å². The molecule has 0 aliphatic heterocycles. The number of hydrogen-bond acceptors (Lipinski definition) is 7. The number of rotatable bonds is 7. The Balaban J connectivity index is 1.98. The van der Waals surface area contributed by atoms with E-state index < -0.39 is 0 Å². The van der Waals surface area contributed by atoms with E-state index in [-0.39, 0.29) is 12.0 Å². The molecule has 0 spiro atoms. The zero-order valence-corrected chi connectivity index (χ0v) is 11.8. The van der Waals surface area contributed by atoms with Crippen molar-refractivity contribution in [2.45, 2.75) is 38.9 Å². The fourth-order valence-electron chi connectivity index (χ4n) is 2.41. The maximum Gasteiger partial charge on any atom is 0.158 e. The van der Waals surface area contributed by atoms with Gasteiger partial charge in [0.1, 0.15) is 18.2 Å². The van der Waals surface area contributed by atoms with Gasteiger partial charge in [-0.05, 0) is 19.8 Å². The van der Waals surface area contributed by atoms with Gasteiger partial charge in [-0.3, -0.25) is 0 Å². The van der Waals surface area contributed by atoms with Gasteiger partial charge in [-0.25, -0.2) is 15.8 Å². The first-order valence-electron chi connectivity index (χ1n) is 7.07. The van der Waals surface area contributed by atoms with Crippen LogP contribution in [-0.2, 0) is 11.3 Å². The van der Waals surface area contributed by atoms with Crippen LogP contribution < -0.4 is 16.6 Å². The Kier molecular flexibility index (Phi) is 5.51. The Labute approximate surface area is 118 Å². The molecule has 0 bridgehead atoms. The minimum atomic E-state index is -0.209. The van der Waals surface area contributed by atoms with E-state index >= 15 is 0 Å². The Morgan fingerprint density at radius 2 is 2.20 bits per heavy atom. The molecule has 0 radical (unpaired) electrons. The van der Waals surface area contributed by atoms with Crippen molar-refractivity contribution in [1.29, 1.82) is 0 Å². The molecule has 2 atom stereocenters. The number of nitrogen functional groups attached to an aromatic ring is 1. The maximum atomic E-state index is 9.81. The van der Waals surface area contributed by atoms with Crippen LogP contribution in [0.5, 0.6) is 0 Å².